The normalized spacial score (nSPS) is 19.0. The monoisotopic (exact) mass is 776 g/mol. The standard InChI is InChI=1S/C42H54ClN3O5SSi/c1-53(28-10-27-52-31-40(47)44-18-24-51-26-25-50-23-7-3-2-6-17-43)38-29-32(45-19-8-20-45)13-15-36(38)41(34-11-4-5-12-35(34)42(48)49)37-16-14-33(30-39(37)53)46-21-9-22-46/h4-5,11-16,29-30H,2-3,6-10,17-28,31H2,1H3,(H-,44,47,48,49)/p+1. The van der Waals surface area contributed by atoms with E-state index in [4.69, 9.17) is 21.1 Å². The third-order valence-electron chi connectivity index (χ3n) is 10.9. The number of rotatable bonds is 21. The molecular weight excluding hydrogens is 722 g/mol. The van der Waals surface area contributed by atoms with Crippen LogP contribution >= 0.6 is 23.4 Å². The number of hydrogen-bond donors (Lipinski definition) is 2. The average Bonchev–Trinajstić information content (AvgIpc) is 3.11. The van der Waals surface area contributed by atoms with E-state index in [9.17, 15) is 14.7 Å². The summed E-state index contributed by atoms with van der Waals surface area (Å²) in [6.07, 6.45) is 14.8. The number of nitrogens with zero attached hydrogens (tertiary/aromatic N) is 2. The molecular formula is C42H55ClN3O5SSi+. The molecule has 8 nitrogen and oxygen atoms in total. The number of aromatic carboxylic acids is 1. The van der Waals surface area contributed by atoms with Crippen LogP contribution in [0.25, 0.3) is 5.57 Å². The number of anilines is 1. The lowest BCUT2D eigenvalue weighted by Crippen LogP contribution is -2.53. The molecule has 0 radical (unpaired) electrons. The SMILES string of the molecule is C[Si@]1(CCCSCC(=O)NCCOCCOCCCCCCCl)C2=CC(=[N+]3CCC3)C=CC2=C(c2ccccc2C(=O)O)c2ccc(N3CCC3)cc21. The van der Waals surface area contributed by atoms with E-state index < -0.39 is 14.0 Å². The molecule has 1 atom stereocenters. The van der Waals surface area contributed by atoms with Crippen molar-refractivity contribution < 1.29 is 28.7 Å². The Morgan fingerprint density at radius 2 is 1.74 bits per heavy atom. The number of ether oxygens (including phenoxy) is 2. The Kier molecular flexibility index (Phi) is 14.5. The van der Waals surface area contributed by atoms with Crippen LogP contribution in [0.2, 0.25) is 12.6 Å². The Morgan fingerprint density at radius 3 is 2.47 bits per heavy atom. The Bertz CT molecular complexity index is 1750. The van der Waals surface area contributed by atoms with E-state index in [0.29, 0.717) is 37.7 Å². The van der Waals surface area contributed by atoms with Crippen molar-refractivity contribution in [1.29, 1.82) is 0 Å². The van der Waals surface area contributed by atoms with Crippen molar-refractivity contribution in [2.24, 2.45) is 0 Å². The highest BCUT2D eigenvalue weighted by atomic mass is 35.5. The zero-order chi connectivity index (χ0) is 37.0. The van der Waals surface area contributed by atoms with Gasteiger partial charge >= 0.3 is 5.97 Å². The minimum Gasteiger partial charge on any atom is -0.478 e. The molecule has 3 aliphatic heterocycles. The van der Waals surface area contributed by atoms with E-state index >= 15 is 0 Å². The number of carbonyl (C=O) groups is 2. The summed E-state index contributed by atoms with van der Waals surface area (Å²) in [4.78, 5) is 27.6. The van der Waals surface area contributed by atoms with Crippen LogP contribution in [0.15, 0.2) is 71.5 Å². The Labute approximate surface area is 325 Å². The van der Waals surface area contributed by atoms with Crippen molar-refractivity contribution in [2.75, 3.05) is 81.4 Å². The van der Waals surface area contributed by atoms with Gasteiger partial charge in [0.25, 0.3) is 0 Å². The second-order valence-corrected chi connectivity index (χ2v) is 20.3. The number of carbonyl (C=O) groups excluding carboxylic acids is 1. The van der Waals surface area contributed by atoms with Gasteiger partial charge in [0.1, 0.15) is 21.2 Å². The quantitative estimate of drug-likeness (QED) is 0.0635. The van der Waals surface area contributed by atoms with Crippen molar-refractivity contribution in [3.63, 3.8) is 0 Å². The van der Waals surface area contributed by atoms with Gasteiger partial charge in [0.05, 0.1) is 37.6 Å². The minimum absolute atomic E-state index is 0.0401. The van der Waals surface area contributed by atoms with Crippen LogP contribution in [0.5, 0.6) is 0 Å². The van der Waals surface area contributed by atoms with Crippen LogP contribution in [0, 0.1) is 0 Å². The number of carboxylic acids is 1. The molecule has 0 aromatic heterocycles. The highest BCUT2D eigenvalue weighted by Gasteiger charge is 2.44. The van der Waals surface area contributed by atoms with Crippen LogP contribution in [-0.4, -0.2) is 112 Å². The first-order valence-electron chi connectivity index (χ1n) is 19.5. The molecule has 0 unspecified atom stereocenters. The van der Waals surface area contributed by atoms with Crippen molar-refractivity contribution in [2.45, 2.75) is 57.5 Å². The van der Waals surface area contributed by atoms with Crippen LogP contribution in [0.3, 0.4) is 0 Å². The lowest BCUT2D eigenvalue weighted by molar-refractivity contribution is -0.582. The number of thioether (sulfide) groups is 1. The minimum atomic E-state index is -2.32. The van der Waals surface area contributed by atoms with Gasteiger partial charge < -0.3 is 24.8 Å². The molecule has 4 aliphatic rings. The van der Waals surface area contributed by atoms with Gasteiger partial charge in [0.15, 0.2) is 5.71 Å². The number of hydrogen-bond acceptors (Lipinski definition) is 6. The molecule has 11 heteroatoms. The van der Waals surface area contributed by atoms with Crippen molar-refractivity contribution in [3.8, 4) is 0 Å². The maximum atomic E-state index is 12.6. The summed E-state index contributed by atoms with van der Waals surface area (Å²) < 4.78 is 13.7. The Hall–Kier alpha value is -3.15. The lowest BCUT2D eigenvalue weighted by Gasteiger charge is -2.42. The highest BCUT2D eigenvalue weighted by Crippen LogP contribution is 2.44. The highest BCUT2D eigenvalue weighted by molar-refractivity contribution is 7.99. The first-order valence-corrected chi connectivity index (χ1v) is 23.9. The smallest absolute Gasteiger partial charge is 0.336 e. The molecule has 284 valence electrons. The molecule has 2 aromatic carbocycles. The third kappa shape index (κ3) is 9.75. The summed E-state index contributed by atoms with van der Waals surface area (Å²) >= 11 is 7.41. The molecule has 0 bridgehead atoms. The number of unbranched alkanes of at least 4 members (excludes halogenated alkanes) is 3. The van der Waals surface area contributed by atoms with E-state index in [2.05, 4.69) is 57.8 Å². The number of alkyl halides is 1. The molecule has 0 saturated carbocycles. The zero-order valence-corrected chi connectivity index (χ0v) is 33.7. The second kappa shape index (κ2) is 19.4. The van der Waals surface area contributed by atoms with Crippen LogP contribution < -0.4 is 15.4 Å². The number of allylic oxidation sites excluding steroid dienone is 5. The molecule has 2 N–H and O–H groups in total. The van der Waals surface area contributed by atoms with E-state index in [-0.39, 0.29) is 5.91 Å². The van der Waals surface area contributed by atoms with Gasteiger partial charge in [-0.3, -0.25) is 4.79 Å². The summed E-state index contributed by atoms with van der Waals surface area (Å²) in [6.45, 7) is 9.63. The zero-order valence-electron chi connectivity index (χ0n) is 31.2. The molecule has 3 heterocycles. The first-order chi connectivity index (χ1) is 25.9. The van der Waals surface area contributed by atoms with Gasteiger partial charge in [-0.15, -0.1) is 11.6 Å². The number of amides is 1. The van der Waals surface area contributed by atoms with Gasteiger partial charge in [-0.05, 0) is 94.4 Å². The molecule has 1 amide bonds. The largest absolute Gasteiger partial charge is 0.478 e. The fourth-order valence-electron chi connectivity index (χ4n) is 7.67. The molecule has 2 aromatic rings. The van der Waals surface area contributed by atoms with Crippen molar-refractivity contribution >= 4 is 65.5 Å². The van der Waals surface area contributed by atoms with Crippen LogP contribution in [0.4, 0.5) is 5.69 Å². The third-order valence-corrected chi connectivity index (χ3v) is 16.8. The molecule has 0 spiro atoms. The van der Waals surface area contributed by atoms with E-state index in [1.54, 1.807) is 17.8 Å². The number of benzene rings is 2. The van der Waals surface area contributed by atoms with E-state index in [1.807, 2.05) is 18.2 Å². The van der Waals surface area contributed by atoms with Gasteiger partial charge in [0, 0.05) is 50.0 Å². The maximum Gasteiger partial charge on any atom is 0.336 e. The number of halogens is 1. The predicted octanol–water partition coefficient (Wildman–Crippen LogP) is 6.66. The van der Waals surface area contributed by atoms with Crippen LogP contribution in [-0.2, 0) is 14.3 Å². The molecule has 53 heavy (non-hydrogen) atoms. The Morgan fingerprint density at radius 1 is 0.943 bits per heavy atom. The number of nitrogens with one attached hydrogen (secondary N) is 1. The molecule has 2 saturated heterocycles. The van der Waals surface area contributed by atoms with Crippen molar-refractivity contribution in [3.05, 3.63) is 88.2 Å². The van der Waals surface area contributed by atoms with Crippen molar-refractivity contribution in [1.82, 2.24) is 5.32 Å². The summed E-state index contributed by atoms with van der Waals surface area (Å²) in [5, 5.41) is 16.1. The number of fused-ring (bicyclic) bond motifs is 2. The molecule has 1 aliphatic carbocycles. The van der Waals surface area contributed by atoms with Gasteiger partial charge in [-0.1, -0.05) is 43.7 Å². The van der Waals surface area contributed by atoms with Gasteiger partial charge in [-0.25, -0.2) is 9.37 Å². The lowest BCUT2D eigenvalue weighted by atomic mass is 9.87. The van der Waals surface area contributed by atoms with Crippen LogP contribution in [0.1, 0.15) is 66.4 Å². The van der Waals surface area contributed by atoms with Gasteiger partial charge in [0.2, 0.25) is 5.91 Å². The summed E-state index contributed by atoms with van der Waals surface area (Å²) in [7, 11) is -2.32. The van der Waals surface area contributed by atoms with E-state index in [1.165, 1.54) is 45.8 Å². The Balaban J connectivity index is 1.11. The fourth-order valence-corrected chi connectivity index (χ4v) is 13.2. The maximum absolute atomic E-state index is 12.6. The van der Waals surface area contributed by atoms with E-state index in [0.717, 1.165) is 93.7 Å². The topological polar surface area (TPSA) is 91.1 Å². The molecule has 2 fully saturated rings. The summed E-state index contributed by atoms with van der Waals surface area (Å²) in [6, 6.07) is 15.4. The van der Waals surface area contributed by atoms with Gasteiger partial charge in [-0.2, -0.15) is 11.8 Å². The first kappa shape index (κ1) is 39.5. The average molecular weight is 778 g/mol. The second-order valence-electron chi connectivity index (χ2n) is 14.5. The summed E-state index contributed by atoms with van der Waals surface area (Å²) in [5.74, 6) is 1.19. The summed E-state index contributed by atoms with van der Waals surface area (Å²) in [5.41, 5.74) is 6.99. The number of carboxylic acid groups (broad SMARTS) is 1. The predicted molar refractivity (Wildman–Crippen MR) is 221 cm³/mol. The molecule has 6 rings (SSSR count). The fraction of sp³-hybridized carbons (Fsp3) is 0.500.